The minimum atomic E-state index is -4.91. The van der Waals surface area contributed by atoms with Crippen molar-refractivity contribution in [2.24, 2.45) is 5.92 Å². The van der Waals surface area contributed by atoms with E-state index in [0.29, 0.717) is 5.69 Å². The van der Waals surface area contributed by atoms with Crippen molar-refractivity contribution in [1.82, 2.24) is 0 Å². The number of ether oxygens (including phenoxy) is 2. The van der Waals surface area contributed by atoms with E-state index in [1.165, 1.54) is 47.4 Å². The van der Waals surface area contributed by atoms with Crippen molar-refractivity contribution in [3.63, 3.8) is 0 Å². The maximum Gasteiger partial charge on any atom is 0.573 e. The van der Waals surface area contributed by atoms with Crippen LogP contribution in [0, 0.1) is 5.92 Å². The lowest BCUT2D eigenvalue weighted by Gasteiger charge is -2.26. The van der Waals surface area contributed by atoms with Gasteiger partial charge in [-0.2, -0.15) is 13.2 Å². The highest BCUT2D eigenvalue weighted by atomic mass is 19.4. The first-order valence-corrected chi connectivity index (χ1v) is 9.10. The number of carboxylic acid groups (broad SMARTS) is 1. The van der Waals surface area contributed by atoms with Crippen LogP contribution in [0.5, 0.6) is 17.2 Å². The lowest BCUT2D eigenvalue weighted by molar-refractivity contribution is -0.275. The smallest absolute Gasteiger partial charge is 0.481 e. The molecule has 31 heavy (non-hydrogen) atoms. The van der Waals surface area contributed by atoms with Crippen LogP contribution in [-0.2, 0) is 4.79 Å². The Morgan fingerprint density at radius 3 is 2.16 bits per heavy atom. The first-order valence-electron chi connectivity index (χ1n) is 9.10. The van der Waals surface area contributed by atoms with Crippen LogP contribution in [0.1, 0.15) is 12.8 Å². The molecule has 3 rings (SSSR count). The van der Waals surface area contributed by atoms with Crippen molar-refractivity contribution in [3.05, 3.63) is 48.5 Å². The van der Waals surface area contributed by atoms with Crippen LogP contribution in [0.4, 0.5) is 32.0 Å². The Bertz CT molecular complexity index is 913. The van der Waals surface area contributed by atoms with E-state index < -0.39 is 42.6 Å². The molecule has 1 aliphatic heterocycles. The number of alkyl halides is 6. The topological polar surface area (TPSA) is 59.0 Å². The number of hydrogen-bond donors (Lipinski definition) is 1. The van der Waals surface area contributed by atoms with E-state index >= 15 is 0 Å². The number of carboxylic acids is 1. The van der Waals surface area contributed by atoms with Crippen LogP contribution in [0.25, 0.3) is 0 Å². The summed E-state index contributed by atoms with van der Waals surface area (Å²) < 4.78 is 86.3. The Morgan fingerprint density at radius 1 is 1.00 bits per heavy atom. The van der Waals surface area contributed by atoms with E-state index in [1.54, 1.807) is 0 Å². The van der Waals surface area contributed by atoms with Crippen molar-refractivity contribution in [2.75, 3.05) is 11.4 Å². The molecule has 1 heterocycles. The lowest BCUT2D eigenvalue weighted by Crippen LogP contribution is -2.32. The van der Waals surface area contributed by atoms with E-state index in [-0.39, 0.29) is 24.5 Å². The minimum absolute atomic E-state index is 0.128. The average molecular weight is 449 g/mol. The Morgan fingerprint density at radius 2 is 1.61 bits per heavy atom. The van der Waals surface area contributed by atoms with Crippen molar-refractivity contribution >= 4 is 11.7 Å². The quantitative estimate of drug-likeness (QED) is 0.581. The number of anilines is 1. The summed E-state index contributed by atoms with van der Waals surface area (Å²) in [4.78, 5) is 12.4. The zero-order valence-electron chi connectivity index (χ0n) is 15.8. The number of aliphatic carboxylic acids is 1. The third kappa shape index (κ3) is 5.96. The Balaban J connectivity index is 1.77. The maximum absolute atomic E-state index is 13.1. The molecule has 0 saturated carbocycles. The summed E-state index contributed by atoms with van der Waals surface area (Å²) in [7, 11) is 0. The minimum Gasteiger partial charge on any atom is -0.481 e. The van der Waals surface area contributed by atoms with Crippen LogP contribution in [0.3, 0.4) is 0 Å². The van der Waals surface area contributed by atoms with Crippen LogP contribution in [0.15, 0.2) is 48.5 Å². The molecule has 0 bridgehead atoms. The summed E-state index contributed by atoms with van der Waals surface area (Å²) in [6, 6.07) is 9.90. The highest BCUT2D eigenvalue weighted by molar-refractivity contribution is 5.69. The molecule has 1 saturated heterocycles. The average Bonchev–Trinajstić information content (AvgIpc) is 3.06. The molecule has 11 heteroatoms. The van der Waals surface area contributed by atoms with Gasteiger partial charge in [-0.1, -0.05) is 12.1 Å². The molecule has 2 atom stereocenters. The predicted octanol–water partition coefficient (Wildman–Crippen LogP) is 5.61. The standard InChI is InChI=1S/C20H17F6NO4/c21-19(22,23)12-9-14(10-18(28)29)27(11-12)13-5-7-15(8-6-13)30-16-3-1-2-4-17(16)31-20(24,25)26/h1-8,12,14H,9-11H2,(H,28,29)/t12-,14-/m0/s1. The van der Waals surface area contributed by atoms with Crippen molar-refractivity contribution < 1.29 is 45.7 Å². The second-order valence-electron chi connectivity index (χ2n) is 6.97. The van der Waals surface area contributed by atoms with Gasteiger partial charge in [0.05, 0.1) is 12.3 Å². The highest BCUT2D eigenvalue weighted by Crippen LogP contribution is 2.41. The van der Waals surface area contributed by atoms with Gasteiger partial charge < -0.3 is 19.5 Å². The number of hydrogen-bond acceptors (Lipinski definition) is 4. The fourth-order valence-electron chi connectivity index (χ4n) is 3.44. The predicted molar refractivity (Wildman–Crippen MR) is 97.2 cm³/mol. The van der Waals surface area contributed by atoms with E-state index in [9.17, 15) is 31.1 Å². The Kier molecular flexibility index (Phi) is 6.23. The number of nitrogens with zero attached hydrogens (tertiary/aromatic N) is 1. The van der Waals surface area contributed by atoms with E-state index in [2.05, 4.69) is 4.74 Å². The number of carbonyl (C=O) groups is 1. The van der Waals surface area contributed by atoms with Crippen LogP contribution in [-0.4, -0.2) is 36.2 Å². The van der Waals surface area contributed by atoms with Gasteiger partial charge in [0.25, 0.3) is 0 Å². The lowest BCUT2D eigenvalue weighted by atomic mass is 10.0. The van der Waals surface area contributed by atoms with Gasteiger partial charge in [0.2, 0.25) is 0 Å². The molecule has 0 spiro atoms. The molecule has 1 fully saturated rings. The first kappa shape index (κ1) is 22.6. The summed E-state index contributed by atoms with van der Waals surface area (Å²) in [5.74, 6) is -3.48. The van der Waals surface area contributed by atoms with E-state index in [1.807, 2.05) is 0 Å². The van der Waals surface area contributed by atoms with E-state index in [4.69, 9.17) is 9.84 Å². The molecule has 0 unspecified atom stereocenters. The molecular formula is C20H17F6NO4. The number of halogens is 6. The Labute approximate surface area is 172 Å². The molecule has 1 N–H and O–H groups in total. The summed E-state index contributed by atoms with van der Waals surface area (Å²) in [5.41, 5.74) is 0.352. The number of rotatable bonds is 6. The number of benzene rings is 2. The molecule has 168 valence electrons. The SMILES string of the molecule is O=C(O)C[C@@H]1C[C@H](C(F)(F)F)CN1c1ccc(Oc2ccccc2OC(F)(F)F)cc1. The summed E-state index contributed by atoms with van der Waals surface area (Å²) in [5, 5.41) is 9.02. The van der Waals surface area contributed by atoms with Gasteiger partial charge in [-0.3, -0.25) is 4.79 Å². The second kappa shape index (κ2) is 8.56. The normalized spacial score (nSPS) is 19.4. The van der Waals surface area contributed by atoms with Crippen molar-refractivity contribution in [3.8, 4) is 17.2 Å². The van der Waals surface area contributed by atoms with Gasteiger partial charge in [-0.25, -0.2) is 0 Å². The Hall–Kier alpha value is -3.11. The monoisotopic (exact) mass is 449 g/mol. The molecule has 0 aliphatic carbocycles. The summed E-state index contributed by atoms with van der Waals surface area (Å²) in [6.45, 7) is -0.385. The van der Waals surface area contributed by atoms with Gasteiger partial charge in [0.15, 0.2) is 11.5 Å². The molecule has 2 aromatic carbocycles. The van der Waals surface area contributed by atoms with Gasteiger partial charge in [0.1, 0.15) is 5.75 Å². The van der Waals surface area contributed by atoms with Crippen LogP contribution >= 0.6 is 0 Å². The highest BCUT2D eigenvalue weighted by Gasteiger charge is 2.47. The molecule has 0 amide bonds. The fourth-order valence-corrected chi connectivity index (χ4v) is 3.44. The molecule has 0 aromatic heterocycles. The summed E-state index contributed by atoms with van der Waals surface area (Å²) >= 11 is 0. The van der Waals surface area contributed by atoms with Gasteiger partial charge >= 0.3 is 18.5 Å². The third-order valence-electron chi connectivity index (χ3n) is 4.76. The van der Waals surface area contributed by atoms with Crippen molar-refractivity contribution in [2.45, 2.75) is 31.4 Å². The first-order chi connectivity index (χ1) is 14.4. The summed E-state index contributed by atoms with van der Waals surface area (Å²) in [6.07, 6.45) is -10.1. The molecule has 0 radical (unpaired) electrons. The van der Waals surface area contributed by atoms with Gasteiger partial charge in [-0.15, -0.1) is 13.2 Å². The zero-order valence-corrected chi connectivity index (χ0v) is 15.8. The third-order valence-corrected chi connectivity index (χ3v) is 4.76. The number of para-hydroxylation sites is 2. The molecule has 5 nitrogen and oxygen atoms in total. The van der Waals surface area contributed by atoms with E-state index in [0.717, 1.165) is 6.07 Å². The van der Waals surface area contributed by atoms with Crippen LogP contribution < -0.4 is 14.4 Å². The molecular weight excluding hydrogens is 432 g/mol. The van der Waals surface area contributed by atoms with Crippen LogP contribution in [0.2, 0.25) is 0 Å². The largest absolute Gasteiger partial charge is 0.573 e. The molecule has 1 aliphatic rings. The zero-order chi connectivity index (χ0) is 22.8. The molecule has 2 aromatic rings. The maximum atomic E-state index is 13.1. The fraction of sp³-hybridized carbons (Fsp3) is 0.350. The van der Waals surface area contributed by atoms with Gasteiger partial charge in [0, 0.05) is 18.3 Å². The van der Waals surface area contributed by atoms with Crippen molar-refractivity contribution in [1.29, 1.82) is 0 Å². The van der Waals surface area contributed by atoms with Gasteiger partial charge in [-0.05, 0) is 42.8 Å². The second-order valence-corrected chi connectivity index (χ2v) is 6.97.